The van der Waals surface area contributed by atoms with Crippen molar-refractivity contribution in [2.24, 2.45) is 5.92 Å². The molecule has 1 fully saturated rings. The Morgan fingerprint density at radius 1 is 1.50 bits per heavy atom. The van der Waals surface area contributed by atoms with Crippen LogP contribution in [-0.4, -0.2) is 37.4 Å². The van der Waals surface area contributed by atoms with E-state index >= 15 is 0 Å². The molecule has 0 saturated carbocycles. The Morgan fingerprint density at radius 2 is 2.17 bits per heavy atom. The van der Waals surface area contributed by atoms with E-state index in [9.17, 15) is 4.79 Å². The van der Waals surface area contributed by atoms with Gasteiger partial charge in [-0.25, -0.2) is 0 Å². The maximum absolute atomic E-state index is 12.2. The number of nitrogens with one attached hydrogen (secondary N) is 1. The van der Waals surface area contributed by atoms with Crippen molar-refractivity contribution in [3.63, 3.8) is 0 Å². The standard InChI is InChI=1S/C14H27NO3/c1-6-11(4)15-14(13(16)17-5)7-8-18-12(9-14)10(2)3/h10-12,15H,6-9H2,1-5H3. The fourth-order valence-electron chi connectivity index (χ4n) is 2.46. The summed E-state index contributed by atoms with van der Waals surface area (Å²) in [5.41, 5.74) is -0.572. The fraction of sp³-hybridized carbons (Fsp3) is 0.929. The van der Waals surface area contributed by atoms with Gasteiger partial charge >= 0.3 is 5.97 Å². The van der Waals surface area contributed by atoms with Gasteiger partial charge < -0.3 is 9.47 Å². The second-order valence-corrected chi connectivity index (χ2v) is 5.63. The van der Waals surface area contributed by atoms with Crippen molar-refractivity contribution in [2.75, 3.05) is 13.7 Å². The zero-order valence-electron chi connectivity index (χ0n) is 12.3. The minimum atomic E-state index is -0.572. The zero-order valence-corrected chi connectivity index (χ0v) is 12.3. The second-order valence-electron chi connectivity index (χ2n) is 5.63. The van der Waals surface area contributed by atoms with Crippen LogP contribution < -0.4 is 5.32 Å². The van der Waals surface area contributed by atoms with Gasteiger partial charge in [0.15, 0.2) is 0 Å². The number of carbonyl (C=O) groups is 1. The zero-order chi connectivity index (χ0) is 13.8. The molecule has 1 heterocycles. The molecule has 1 N–H and O–H groups in total. The molecule has 1 saturated heterocycles. The van der Waals surface area contributed by atoms with Crippen LogP contribution in [0.3, 0.4) is 0 Å². The monoisotopic (exact) mass is 257 g/mol. The first-order chi connectivity index (χ1) is 8.45. The third-order valence-corrected chi connectivity index (χ3v) is 3.87. The van der Waals surface area contributed by atoms with E-state index in [0.29, 0.717) is 31.4 Å². The molecule has 0 aliphatic carbocycles. The molecule has 0 aromatic carbocycles. The van der Waals surface area contributed by atoms with Crippen LogP contribution in [0.4, 0.5) is 0 Å². The Kier molecular flexibility index (Phi) is 5.60. The summed E-state index contributed by atoms with van der Waals surface area (Å²) in [5, 5.41) is 3.46. The minimum absolute atomic E-state index is 0.120. The average molecular weight is 257 g/mol. The van der Waals surface area contributed by atoms with Crippen LogP contribution in [0.25, 0.3) is 0 Å². The molecule has 1 rings (SSSR count). The van der Waals surface area contributed by atoms with E-state index in [-0.39, 0.29) is 12.1 Å². The lowest BCUT2D eigenvalue weighted by molar-refractivity contribution is -0.157. The van der Waals surface area contributed by atoms with Gasteiger partial charge in [-0.3, -0.25) is 10.1 Å². The average Bonchev–Trinajstić information content (AvgIpc) is 2.37. The summed E-state index contributed by atoms with van der Waals surface area (Å²) < 4.78 is 10.8. The Bertz CT molecular complexity index is 280. The first kappa shape index (κ1) is 15.4. The van der Waals surface area contributed by atoms with E-state index in [1.807, 2.05) is 0 Å². The van der Waals surface area contributed by atoms with Gasteiger partial charge in [-0.1, -0.05) is 20.8 Å². The normalized spacial score (nSPS) is 30.2. The topological polar surface area (TPSA) is 47.6 Å². The lowest BCUT2D eigenvalue weighted by Crippen LogP contribution is -2.60. The number of rotatable bonds is 5. The maximum atomic E-state index is 12.2. The van der Waals surface area contributed by atoms with Gasteiger partial charge in [0.25, 0.3) is 0 Å². The molecule has 18 heavy (non-hydrogen) atoms. The fourth-order valence-corrected chi connectivity index (χ4v) is 2.46. The van der Waals surface area contributed by atoms with E-state index < -0.39 is 5.54 Å². The van der Waals surface area contributed by atoms with Crippen molar-refractivity contribution >= 4 is 5.97 Å². The lowest BCUT2D eigenvalue weighted by Gasteiger charge is -2.42. The largest absolute Gasteiger partial charge is 0.468 e. The molecule has 0 aromatic rings. The Morgan fingerprint density at radius 3 is 2.67 bits per heavy atom. The maximum Gasteiger partial charge on any atom is 0.326 e. The molecule has 3 atom stereocenters. The molecule has 0 radical (unpaired) electrons. The quantitative estimate of drug-likeness (QED) is 0.766. The highest BCUT2D eigenvalue weighted by Crippen LogP contribution is 2.30. The third-order valence-electron chi connectivity index (χ3n) is 3.87. The van der Waals surface area contributed by atoms with Crippen molar-refractivity contribution in [3.8, 4) is 0 Å². The van der Waals surface area contributed by atoms with Gasteiger partial charge in [0.1, 0.15) is 5.54 Å². The number of esters is 1. The van der Waals surface area contributed by atoms with E-state index in [0.717, 1.165) is 6.42 Å². The van der Waals surface area contributed by atoms with Crippen LogP contribution >= 0.6 is 0 Å². The van der Waals surface area contributed by atoms with E-state index in [2.05, 4.69) is 33.0 Å². The molecule has 4 heteroatoms. The molecule has 0 bridgehead atoms. The minimum Gasteiger partial charge on any atom is -0.468 e. The number of methoxy groups -OCH3 is 1. The van der Waals surface area contributed by atoms with Crippen molar-refractivity contribution in [1.82, 2.24) is 5.32 Å². The van der Waals surface area contributed by atoms with Gasteiger partial charge in [-0.15, -0.1) is 0 Å². The molecule has 0 aromatic heterocycles. The molecule has 1 aliphatic heterocycles. The van der Waals surface area contributed by atoms with Crippen LogP contribution in [0, 0.1) is 5.92 Å². The highest BCUT2D eigenvalue weighted by molar-refractivity contribution is 5.81. The predicted octanol–water partition coefficient (Wildman–Crippen LogP) is 2.12. The number of ether oxygens (including phenoxy) is 2. The highest BCUT2D eigenvalue weighted by atomic mass is 16.5. The van der Waals surface area contributed by atoms with Crippen LogP contribution in [0.2, 0.25) is 0 Å². The molecule has 0 amide bonds. The van der Waals surface area contributed by atoms with E-state index in [1.54, 1.807) is 0 Å². The predicted molar refractivity (Wildman–Crippen MR) is 71.4 cm³/mol. The van der Waals surface area contributed by atoms with Gasteiger partial charge in [0.05, 0.1) is 13.2 Å². The van der Waals surface area contributed by atoms with Crippen molar-refractivity contribution in [1.29, 1.82) is 0 Å². The van der Waals surface area contributed by atoms with Crippen molar-refractivity contribution in [3.05, 3.63) is 0 Å². The molecule has 1 aliphatic rings. The SMILES string of the molecule is CCC(C)NC1(C(=O)OC)CCOC(C(C)C)C1. The summed E-state index contributed by atoms with van der Waals surface area (Å²) in [4.78, 5) is 12.2. The van der Waals surface area contributed by atoms with E-state index in [4.69, 9.17) is 9.47 Å². The molecular weight excluding hydrogens is 230 g/mol. The molecular formula is C14H27NO3. The molecule has 0 spiro atoms. The van der Waals surface area contributed by atoms with Crippen LogP contribution in [-0.2, 0) is 14.3 Å². The summed E-state index contributed by atoms with van der Waals surface area (Å²) in [6.07, 6.45) is 2.50. The first-order valence-electron chi connectivity index (χ1n) is 6.93. The molecule has 106 valence electrons. The highest BCUT2D eigenvalue weighted by Gasteiger charge is 2.45. The summed E-state index contributed by atoms with van der Waals surface area (Å²) in [6.45, 7) is 9.08. The van der Waals surface area contributed by atoms with Gasteiger partial charge in [0.2, 0.25) is 0 Å². The number of hydrogen-bond acceptors (Lipinski definition) is 4. The Hall–Kier alpha value is -0.610. The first-order valence-corrected chi connectivity index (χ1v) is 6.93. The van der Waals surface area contributed by atoms with Gasteiger partial charge in [-0.05, 0) is 25.7 Å². The van der Waals surface area contributed by atoms with Gasteiger partial charge in [0, 0.05) is 19.1 Å². The van der Waals surface area contributed by atoms with Crippen LogP contribution in [0.15, 0.2) is 0 Å². The summed E-state index contributed by atoms with van der Waals surface area (Å²) >= 11 is 0. The summed E-state index contributed by atoms with van der Waals surface area (Å²) in [6, 6.07) is 0.301. The summed E-state index contributed by atoms with van der Waals surface area (Å²) in [5.74, 6) is 0.254. The summed E-state index contributed by atoms with van der Waals surface area (Å²) in [7, 11) is 1.46. The lowest BCUT2D eigenvalue weighted by atomic mass is 9.82. The third kappa shape index (κ3) is 3.45. The molecule has 4 nitrogen and oxygen atoms in total. The number of hydrogen-bond donors (Lipinski definition) is 1. The van der Waals surface area contributed by atoms with Gasteiger partial charge in [-0.2, -0.15) is 0 Å². The Labute approximate surface area is 110 Å². The second kappa shape index (κ2) is 6.53. The van der Waals surface area contributed by atoms with E-state index in [1.165, 1.54) is 7.11 Å². The van der Waals surface area contributed by atoms with Crippen molar-refractivity contribution in [2.45, 2.75) is 64.6 Å². The smallest absolute Gasteiger partial charge is 0.326 e. The Balaban J connectivity index is 2.86. The van der Waals surface area contributed by atoms with Crippen LogP contribution in [0.1, 0.15) is 47.0 Å². The molecule has 3 unspecified atom stereocenters. The number of carbonyl (C=O) groups excluding carboxylic acids is 1. The van der Waals surface area contributed by atoms with Crippen molar-refractivity contribution < 1.29 is 14.3 Å². The van der Waals surface area contributed by atoms with Crippen LogP contribution in [0.5, 0.6) is 0 Å².